The lowest BCUT2D eigenvalue weighted by atomic mass is 9.87. The van der Waals surface area contributed by atoms with E-state index in [4.69, 9.17) is 23.2 Å². The van der Waals surface area contributed by atoms with Crippen LogP contribution in [0.2, 0.25) is 10.0 Å². The third kappa shape index (κ3) is 3.11. The second-order valence-corrected chi connectivity index (χ2v) is 7.48. The predicted molar refractivity (Wildman–Crippen MR) is 91.2 cm³/mol. The summed E-state index contributed by atoms with van der Waals surface area (Å²) < 4.78 is 1.72. The molecule has 0 bridgehead atoms. The Bertz CT molecular complexity index is 708. The number of rotatable bonds is 3. The molecule has 0 saturated carbocycles. The number of hydrogen-bond acceptors (Lipinski definition) is 4. The molecule has 1 aromatic heterocycles. The molecule has 7 heteroatoms. The quantitative estimate of drug-likeness (QED) is 0.923. The smallest absolute Gasteiger partial charge is 0.0971 e. The summed E-state index contributed by atoms with van der Waals surface area (Å²) in [5, 5.41) is 13.2. The van der Waals surface area contributed by atoms with Crippen molar-refractivity contribution in [2.24, 2.45) is 5.41 Å². The van der Waals surface area contributed by atoms with E-state index in [-0.39, 0.29) is 0 Å². The third-order valence-electron chi connectivity index (χ3n) is 4.93. The largest absolute Gasteiger partial charge is 0.316 e. The molecule has 1 aromatic carbocycles. The lowest BCUT2D eigenvalue weighted by Gasteiger charge is -2.22. The van der Waals surface area contributed by atoms with Crippen LogP contribution in [0.4, 0.5) is 0 Å². The van der Waals surface area contributed by atoms with Crippen molar-refractivity contribution in [2.75, 3.05) is 26.2 Å². The minimum Gasteiger partial charge on any atom is -0.316 e. The molecule has 4 rings (SSSR count). The van der Waals surface area contributed by atoms with Gasteiger partial charge in [-0.15, -0.1) is 5.10 Å². The molecule has 2 fully saturated rings. The maximum Gasteiger partial charge on any atom is 0.0971 e. The molecule has 3 heterocycles. The zero-order valence-electron chi connectivity index (χ0n) is 12.8. The fraction of sp³-hybridized carbons (Fsp3) is 0.500. The normalized spacial score (nSPS) is 24.8. The number of halogens is 2. The van der Waals surface area contributed by atoms with Gasteiger partial charge in [-0.25, -0.2) is 4.68 Å². The van der Waals surface area contributed by atoms with Crippen LogP contribution >= 0.6 is 23.2 Å². The first kappa shape index (κ1) is 15.4. The van der Waals surface area contributed by atoms with E-state index >= 15 is 0 Å². The molecule has 1 atom stereocenters. The van der Waals surface area contributed by atoms with Gasteiger partial charge in [0.25, 0.3) is 0 Å². The summed E-state index contributed by atoms with van der Waals surface area (Å²) in [5.74, 6) is 0. The molecular formula is C16H19Cl2N5. The van der Waals surface area contributed by atoms with E-state index in [1.165, 1.54) is 12.8 Å². The van der Waals surface area contributed by atoms with Crippen molar-refractivity contribution in [3.8, 4) is 5.69 Å². The van der Waals surface area contributed by atoms with E-state index in [1.807, 2.05) is 12.3 Å². The van der Waals surface area contributed by atoms with Gasteiger partial charge in [-0.2, -0.15) is 0 Å². The van der Waals surface area contributed by atoms with Crippen molar-refractivity contribution < 1.29 is 0 Å². The Morgan fingerprint density at radius 3 is 2.96 bits per heavy atom. The van der Waals surface area contributed by atoms with Crippen molar-refractivity contribution in [2.45, 2.75) is 19.4 Å². The fourth-order valence-corrected chi connectivity index (χ4v) is 4.19. The predicted octanol–water partition coefficient (Wildman–Crippen LogP) is 2.76. The summed E-state index contributed by atoms with van der Waals surface area (Å²) >= 11 is 12.2. The van der Waals surface area contributed by atoms with Gasteiger partial charge in [-0.1, -0.05) is 28.4 Å². The van der Waals surface area contributed by atoms with Crippen LogP contribution in [0, 0.1) is 5.41 Å². The van der Waals surface area contributed by atoms with Crippen molar-refractivity contribution in [3.05, 3.63) is 40.1 Å². The molecule has 5 nitrogen and oxygen atoms in total. The SMILES string of the molecule is Clc1ccc(-n2cc(CN3CCC4(CCNC4)C3)nn2)c(Cl)c1. The van der Waals surface area contributed by atoms with Crippen LogP contribution < -0.4 is 5.32 Å². The van der Waals surface area contributed by atoms with E-state index in [2.05, 4.69) is 20.5 Å². The van der Waals surface area contributed by atoms with Gasteiger partial charge in [0, 0.05) is 24.7 Å². The molecule has 2 saturated heterocycles. The van der Waals surface area contributed by atoms with E-state index < -0.39 is 0 Å². The molecule has 2 aromatic rings. The molecule has 122 valence electrons. The van der Waals surface area contributed by atoms with Gasteiger partial charge in [0.05, 0.1) is 22.6 Å². The van der Waals surface area contributed by atoms with Crippen molar-refractivity contribution >= 4 is 23.2 Å². The van der Waals surface area contributed by atoms with Gasteiger partial charge in [-0.05, 0) is 49.5 Å². The highest BCUT2D eigenvalue weighted by Crippen LogP contribution is 2.36. The Labute approximate surface area is 145 Å². The number of likely N-dealkylation sites (tertiary alicyclic amines) is 1. The Hall–Kier alpha value is -1.14. The number of benzene rings is 1. The van der Waals surface area contributed by atoms with Gasteiger partial charge in [0.1, 0.15) is 0 Å². The number of aromatic nitrogens is 3. The second-order valence-electron chi connectivity index (χ2n) is 6.64. The summed E-state index contributed by atoms with van der Waals surface area (Å²) in [4.78, 5) is 2.48. The van der Waals surface area contributed by atoms with E-state index in [1.54, 1.807) is 16.8 Å². The molecule has 0 radical (unpaired) electrons. The Morgan fingerprint density at radius 1 is 1.26 bits per heavy atom. The Kier molecular flexibility index (Phi) is 4.05. The van der Waals surface area contributed by atoms with Crippen LogP contribution in [0.25, 0.3) is 5.69 Å². The third-order valence-corrected chi connectivity index (χ3v) is 5.47. The first-order valence-electron chi connectivity index (χ1n) is 7.93. The summed E-state index contributed by atoms with van der Waals surface area (Å²) in [7, 11) is 0. The van der Waals surface area contributed by atoms with Crippen molar-refractivity contribution in [1.29, 1.82) is 0 Å². The highest BCUT2D eigenvalue weighted by Gasteiger charge is 2.40. The van der Waals surface area contributed by atoms with Crippen LogP contribution in [0.3, 0.4) is 0 Å². The van der Waals surface area contributed by atoms with Crippen LogP contribution in [-0.4, -0.2) is 46.1 Å². The summed E-state index contributed by atoms with van der Waals surface area (Å²) in [5.41, 5.74) is 2.25. The maximum absolute atomic E-state index is 6.24. The van der Waals surface area contributed by atoms with Crippen LogP contribution in [0.1, 0.15) is 18.5 Å². The van der Waals surface area contributed by atoms with Gasteiger partial charge < -0.3 is 5.32 Å². The van der Waals surface area contributed by atoms with Crippen LogP contribution in [0.15, 0.2) is 24.4 Å². The molecule has 1 spiro atoms. The molecule has 0 aliphatic carbocycles. The van der Waals surface area contributed by atoms with Crippen LogP contribution in [-0.2, 0) is 6.54 Å². The van der Waals surface area contributed by atoms with Gasteiger partial charge in [0.2, 0.25) is 0 Å². The molecule has 23 heavy (non-hydrogen) atoms. The molecule has 0 amide bonds. The summed E-state index contributed by atoms with van der Waals surface area (Å²) in [6.07, 6.45) is 4.51. The fourth-order valence-electron chi connectivity index (χ4n) is 3.69. The molecule has 2 aliphatic heterocycles. The van der Waals surface area contributed by atoms with Gasteiger partial charge >= 0.3 is 0 Å². The topological polar surface area (TPSA) is 46.0 Å². The summed E-state index contributed by atoms with van der Waals surface area (Å²) in [6.45, 7) is 5.42. The molecular weight excluding hydrogens is 333 g/mol. The Balaban J connectivity index is 1.46. The monoisotopic (exact) mass is 351 g/mol. The molecule has 1 unspecified atom stereocenters. The molecule has 1 N–H and O–H groups in total. The molecule has 2 aliphatic rings. The van der Waals surface area contributed by atoms with Gasteiger partial charge in [0.15, 0.2) is 0 Å². The zero-order valence-corrected chi connectivity index (χ0v) is 14.3. The average molecular weight is 352 g/mol. The highest BCUT2D eigenvalue weighted by molar-refractivity contribution is 6.35. The van der Waals surface area contributed by atoms with Crippen LogP contribution in [0.5, 0.6) is 0 Å². The zero-order chi connectivity index (χ0) is 15.9. The van der Waals surface area contributed by atoms with Crippen molar-refractivity contribution in [3.63, 3.8) is 0 Å². The maximum atomic E-state index is 6.24. The number of hydrogen-bond donors (Lipinski definition) is 1. The highest BCUT2D eigenvalue weighted by atomic mass is 35.5. The van der Waals surface area contributed by atoms with E-state index in [9.17, 15) is 0 Å². The minimum atomic E-state index is 0.482. The van der Waals surface area contributed by atoms with Gasteiger partial charge in [-0.3, -0.25) is 4.90 Å². The van der Waals surface area contributed by atoms with Crippen molar-refractivity contribution in [1.82, 2.24) is 25.2 Å². The lowest BCUT2D eigenvalue weighted by Crippen LogP contribution is -2.29. The Morgan fingerprint density at radius 2 is 2.17 bits per heavy atom. The number of nitrogens with zero attached hydrogens (tertiary/aromatic N) is 4. The first-order chi connectivity index (χ1) is 11.1. The summed E-state index contributed by atoms with van der Waals surface area (Å²) in [6, 6.07) is 5.39. The standard InChI is InChI=1S/C16H19Cl2N5/c17-12-1-2-15(14(18)7-12)23-9-13(20-21-23)8-22-6-4-16(11-22)3-5-19-10-16/h1-2,7,9,19H,3-6,8,10-11H2. The average Bonchev–Trinajstić information content (AvgIpc) is 3.24. The minimum absolute atomic E-state index is 0.482. The van der Waals surface area contributed by atoms with E-state index in [0.717, 1.165) is 44.1 Å². The van der Waals surface area contributed by atoms with E-state index in [0.29, 0.717) is 15.5 Å². The second kappa shape index (κ2) is 6.06. The first-order valence-corrected chi connectivity index (χ1v) is 8.69. The lowest BCUT2D eigenvalue weighted by molar-refractivity contribution is 0.266. The number of nitrogens with one attached hydrogen (secondary N) is 1.